The number of rotatable bonds is 7. The number of hydrogen-bond donors (Lipinski definition) is 0. The van der Waals surface area contributed by atoms with Gasteiger partial charge in [0, 0.05) is 11.3 Å². The van der Waals surface area contributed by atoms with Crippen molar-refractivity contribution in [3.63, 3.8) is 0 Å². The van der Waals surface area contributed by atoms with E-state index in [0.29, 0.717) is 0 Å². The number of Topliss-reactive ketones (excluding diaryl/α,β-unsaturated/α-hetero) is 1. The molecule has 0 rings (SSSR count). The first-order valence-electron chi connectivity index (χ1n) is 5.53. The van der Waals surface area contributed by atoms with Crippen LogP contribution in [0.3, 0.4) is 0 Å². The minimum Gasteiger partial charge on any atom is -0.295 e. The number of carbonyl (C=O) groups excluding carboxylic acids is 1. The predicted octanol–water partition coefficient (Wildman–Crippen LogP) is 4.35. The molecule has 0 saturated carbocycles. The van der Waals surface area contributed by atoms with E-state index in [1.807, 2.05) is 13.8 Å². The number of allylic oxidation sites excluding steroid dienone is 2. The van der Waals surface area contributed by atoms with Gasteiger partial charge in [0.25, 0.3) is 0 Å². The zero-order valence-corrected chi connectivity index (χ0v) is 11.2. The maximum Gasteiger partial charge on any atom is 0.156 e. The molecular formula is C13H22OS. The molecule has 0 fully saturated rings. The summed E-state index contributed by atoms with van der Waals surface area (Å²) in [5.74, 6) is 1.14. The fourth-order valence-corrected chi connectivity index (χ4v) is 2.62. The van der Waals surface area contributed by atoms with E-state index in [0.717, 1.165) is 36.2 Å². The highest BCUT2D eigenvalue weighted by Gasteiger charge is 2.09. The molecule has 0 radical (unpaired) electrons. The van der Waals surface area contributed by atoms with Crippen LogP contribution < -0.4 is 0 Å². The van der Waals surface area contributed by atoms with Crippen molar-refractivity contribution in [3.05, 3.63) is 22.6 Å². The Bertz CT molecular complexity index is 264. The van der Waals surface area contributed by atoms with E-state index in [-0.39, 0.29) is 5.78 Å². The van der Waals surface area contributed by atoms with E-state index < -0.39 is 0 Å². The second-order valence-electron chi connectivity index (χ2n) is 3.81. The number of ketones is 1. The Hall–Kier alpha value is -0.500. The molecule has 0 aliphatic carbocycles. The molecule has 0 aliphatic heterocycles. The van der Waals surface area contributed by atoms with Crippen LogP contribution in [0.2, 0.25) is 0 Å². The van der Waals surface area contributed by atoms with Crippen LogP contribution in [-0.4, -0.2) is 11.5 Å². The topological polar surface area (TPSA) is 17.1 Å². The van der Waals surface area contributed by atoms with E-state index in [9.17, 15) is 4.79 Å². The van der Waals surface area contributed by atoms with Gasteiger partial charge in [0.1, 0.15) is 0 Å². The molecule has 0 atom stereocenters. The van der Waals surface area contributed by atoms with Crippen molar-refractivity contribution in [1.82, 2.24) is 0 Å². The van der Waals surface area contributed by atoms with Crippen LogP contribution in [0.1, 0.15) is 47.0 Å². The van der Waals surface area contributed by atoms with Gasteiger partial charge >= 0.3 is 0 Å². The fraction of sp³-hybridized carbons (Fsp3) is 0.615. The van der Waals surface area contributed by atoms with E-state index in [1.54, 1.807) is 18.7 Å². The molecule has 0 aromatic carbocycles. The summed E-state index contributed by atoms with van der Waals surface area (Å²) in [5, 5.41) is 0. The van der Waals surface area contributed by atoms with Gasteiger partial charge in [0.2, 0.25) is 0 Å². The lowest BCUT2D eigenvalue weighted by molar-refractivity contribution is -0.113. The molecule has 0 saturated heterocycles. The first-order chi connectivity index (χ1) is 7.02. The normalized spacial score (nSPS) is 12.3. The zero-order chi connectivity index (χ0) is 11.8. The zero-order valence-electron chi connectivity index (χ0n) is 10.4. The summed E-state index contributed by atoms with van der Waals surface area (Å²) in [6.07, 6.45) is 2.95. The lowest BCUT2D eigenvalue weighted by Crippen LogP contribution is -2.00. The van der Waals surface area contributed by atoms with Crippen molar-refractivity contribution in [2.75, 3.05) is 5.75 Å². The Morgan fingerprint density at radius 2 is 1.87 bits per heavy atom. The van der Waals surface area contributed by atoms with E-state index >= 15 is 0 Å². The van der Waals surface area contributed by atoms with Gasteiger partial charge < -0.3 is 0 Å². The number of hydrogen-bond acceptors (Lipinski definition) is 2. The molecule has 15 heavy (non-hydrogen) atoms. The second-order valence-corrected chi connectivity index (χ2v) is 4.88. The van der Waals surface area contributed by atoms with Crippen LogP contribution in [-0.2, 0) is 4.79 Å². The maximum absolute atomic E-state index is 11.4. The van der Waals surface area contributed by atoms with Gasteiger partial charge in [-0.15, -0.1) is 11.8 Å². The lowest BCUT2D eigenvalue weighted by Gasteiger charge is -2.11. The van der Waals surface area contributed by atoms with Crippen molar-refractivity contribution in [1.29, 1.82) is 0 Å². The third-order valence-electron chi connectivity index (χ3n) is 2.08. The van der Waals surface area contributed by atoms with Gasteiger partial charge in [-0.05, 0) is 31.6 Å². The molecule has 0 aromatic heterocycles. The summed E-state index contributed by atoms with van der Waals surface area (Å²) in [4.78, 5) is 12.7. The molecule has 0 aliphatic rings. The summed E-state index contributed by atoms with van der Waals surface area (Å²) in [5.41, 5.74) is 2.16. The summed E-state index contributed by atoms with van der Waals surface area (Å²) in [6, 6.07) is 0. The largest absolute Gasteiger partial charge is 0.295 e. The van der Waals surface area contributed by atoms with Gasteiger partial charge in [-0.3, -0.25) is 4.79 Å². The van der Waals surface area contributed by atoms with Gasteiger partial charge in [0.05, 0.1) is 0 Å². The van der Waals surface area contributed by atoms with Crippen molar-refractivity contribution in [2.45, 2.75) is 47.0 Å². The molecule has 2 heteroatoms. The van der Waals surface area contributed by atoms with Crippen LogP contribution in [0.4, 0.5) is 0 Å². The monoisotopic (exact) mass is 226 g/mol. The average molecular weight is 226 g/mol. The third-order valence-corrected chi connectivity index (χ3v) is 3.52. The average Bonchev–Trinajstić information content (AvgIpc) is 2.14. The van der Waals surface area contributed by atoms with Crippen LogP contribution >= 0.6 is 11.8 Å². The van der Waals surface area contributed by atoms with Crippen LogP contribution in [0.5, 0.6) is 0 Å². The second kappa shape index (κ2) is 7.75. The van der Waals surface area contributed by atoms with Crippen molar-refractivity contribution in [2.24, 2.45) is 0 Å². The van der Waals surface area contributed by atoms with Gasteiger partial charge in [0.15, 0.2) is 5.78 Å². The van der Waals surface area contributed by atoms with Crippen molar-refractivity contribution in [3.8, 4) is 0 Å². The quantitative estimate of drug-likeness (QED) is 0.474. The first kappa shape index (κ1) is 14.5. The Morgan fingerprint density at radius 1 is 1.27 bits per heavy atom. The summed E-state index contributed by atoms with van der Waals surface area (Å²) in [7, 11) is 0. The fourth-order valence-electron chi connectivity index (χ4n) is 1.39. The Morgan fingerprint density at radius 3 is 2.20 bits per heavy atom. The predicted molar refractivity (Wildman–Crippen MR) is 70.2 cm³/mol. The minimum absolute atomic E-state index is 0.218. The summed E-state index contributed by atoms with van der Waals surface area (Å²) in [6.45, 7) is 11.8. The highest BCUT2D eigenvalue weighted by molar-refractivity contribution is 8.03. The maximum atomic E-state index is 11.4. The summed E-state index contributed by atoms with van der Waals surface area (Å²) >= 11 is 1.77. The van der Waals surface area contributed by atoms with Crippen LogP contribution in [0.15, 0.2) is 22.6 Å². The molecule has 0 amide bonds. The molecule has 86 valence electrons. The molecule has 0 unspecified atom stereocenters. The molecule has 0 bridgehead atoms. The third kappa shape index (κ3) is 5.83. The first-order valence-corrected chi connectivity index (χ1v) is 6.51. The van der Waals surface area contributed by atoms with E-state index in [1.165, 1.54) is 4.91 Å². The lowest BCUT2D eigenvalue weighted by atomic mass is 10.1. The molecule has 0 N–H and O–H groups in total. The molecule has 0 aromatic rings. The molecule has 1 nitrogen and oxygen atoms in total. The number of thioether (sulfide) groups is 1. The van der Waals surface area contributed by atoms with Gasteiger partial charge in [-0.1, -0.05) is 32.4 Å². The molecule has 0 spiro atoms. The van der Waals surface area contributed by atoms with Crippen LogP contribution in [0.25, 0.3) is 0 Å². The standard InChI is InChI=1S/C13H22OS/c1-6-8-13(15-9-10(3)4)12(7-2)11(5)14/h3,6-9H2,1-2,4-5H3/b13-12-. The van der Waals surface area contributed by atoms with Crippen LogP contribution in [0, 0.1) is 0 Å². The SMILES string of the molecule is C=C(C)CS/C(CCC)=C(/CC)C(C)=O. The Balaban J connectivity index is 4.72. The summed E-state index contributed by atoms with van der Waals surface area (Å²) < 4.78 is 0. The van der Waals surface area contributed by atoms with Crippen molar-refractivity contribution >= 4 is 17.5 Å². The van der Waals surface area contributed by atoms with Crippen molar-refractivity contribution < 1.29 is 4.79 Å². The minimum atomic E-state index is 0.218. The smallest absolute Gasteiger partial charge is 0.156 e. The Kier molecular flexibility index (Phi) is 7.49. The molecule has 0 heterocycles. The number of carbonyl (C=O) groups is 1. The highest BCUT2D eigenvalue weighted by Crippen LogP contribution is 2.28. The Labute approximate surface area is 98.0 Å². The van der Waals surface area contributed by atoms with E-state index in [2.05, 4.69) is 13.5 Å². The van der Waals surface area contributed by atoms with E-state index in [4.69, 9.17) is 0 Å². The highest BCUT2D eigenvalue weighted by atomic mass is 32.2. The molecular weight excluding hydrogens is 204 g/mol. The van der Waals surface area contributed by atoms with Gasteiger partial charge in [-0.25, -0.2) is 0 Å². The van der Waals surface area contributed by atoms with Gasteiger partial charge in [-0.2, -0.15) is 0 Å².